The van der Waals surface area contributed by atoms with Crippen LogP contribution < -0.4 is 11.1 Å². The maximum Gasteiger partial charge on any atom is 0.307 e. The number of amides is 2. The summed E-state index contributed by atoms with van der Waals surface area (Å²) in [5.41, 5.74) is 7.27. The second kappa shape index (κ2) is 7.11. The molecule has 2 saturated carbocycles. The van der Waals surface area contributed by atoms with Crippen LogP contribution in [0.5, 0.6) is 0 Å². The average molecular weight is 419 g/mol. The van der Waals surface area contributed by atoms with Gasteiger partial charge in [-0.1, -0.05) is 20.8 Å². The Hall–Kier alpha value is -1.89. The van der Waals surface area contributed by atoms with Crippen molar-refractivity contribution < 1.29 is 19.5 Å². The molecule has 2 fully saturated rings. The van der Waals surface area contributed by atoms with E-state index in [1.165, 1.54) is 11.3 Å². The summed E-state index contributed by atoms with van der Waals surface area (Å²) >= 11 is 1.45. The fourth-order valence-corrected chi connectivity index (χ4v) is 7.23. The van der Waals surface area contributed by atoms with Gasteiger partial charge in [0.05, 0.1) is 17.4 Å². The zero-order chi connectivity index (χ0) is 21.1. The number of nitrogens with one attached hydrogen (secondary N) is 1. The van der Waals surface area contributed by atoms with Gasteiger partial charge in [-0.2, -0.15) is 0 Å². The van der Waals surface area contributed by atoms with Crippen LogP contribution in [0.3, 0.4) is 0 Å². The summed E-state index contributed by atoms with van der Waals surface area (Å²) in [6.07, 6.45) is 5.27. The lowest BCUT2D eigenvalue weighted by molar-refractivity contribution is -0.148. The zero-order valence-corrected chi connectivity index (χ0v) is 18.1. The monoisotopic (exact) mass is 418 g/mol. The molecule has 2 amide bonds. The molecule has 3 aliphatic carbocycles. The number of carbonyl (C=O) groups is 3. The molecule has 6 nitrogen and oxygen atoms in total. The molecule has 4 N–H and O–H groups in total. The Kier molecular flexibility index (Phi) is 5.00. The number of hydrogen-bond donors (Lipinski definition) is 3. The van der Waals surface area contributed by atoms with Gasteiger partial charge < -0.3 is 16.2 Å². The first-order chi connectivity index (χ1) is 13.6. The van der Waals surface area contributed by atoms with Crippen LogP contribution in [0.15, 0.2) is 0 Å². The number of hydrogen-bond acceptors (Lipinski definition) is 4. The average Bonchev–Trinajstić information content (AvgIpc) is 3.31. The number of carbonyl (C=O) groups excluding carboxylic acids is 2. The van der Waals surface area contributed by atoms with Crippen molar-refractivity contribution in [1.29, 1.82) is 0 Å². The van der Waals surface area contributed by atoms with E-state index in [1.807, 2.05) is 0 Å². The Morgan fingerprint density at radius 3 is 2.34 bits per heavy atom. The lowest BCUT2D eigenvalue weighted by Gasteiger charge is -2.33. The van der Waals surface area contributed by atoms with E-state index in [0.717, 1.165) is 49.0 Å². The Morgan fingerprint density at radius 1 is 1.10 bits per heavy atom. The largest absolute Gasteiger partial charge is 0.481 e. The highest BCUT2D eigenvalue weighted by atomic mass is 32.1. The number of nitrogens with two attached hydrogens (primary N) is 1. The predicted molar refractivity (Wildman–Crippen MR) is 112 cm³/mol. The molecule has 1 aromatic rings. The number of rotatable bonds is 4. The second-order valence-corrected chi connectivity index (χ2v) is 11.2. The molecular weight excluding hydrogens is 388 g/mol. The van der Waals surface area contributed by atoms with Gasteiger partial charge in [0.2, 0.25) is 5.91 Å². The third kappa shape index (κ3) is 3.47. The topological polar surface area (TPSA) is 109 Å². The number of aliphatic carboxylic acids is 1. The summed E-state index contributed by atoms with van der Waals surface area (Å²) in [5, 5.41) is 13.1. The van der Waals surface area contributed by atoms with Gasteiger partial charge in [0, 0.05) is 4.88 Å². The van der Waals surface area contributed by atoms with Gasteiger partial charge >= 0.3 is 5.97 Å². The predicted octanol–water partition coefficient (Wildman–Crippen LogP) is 3.68. The minimum Gasteiger partial charge on any atom is -0.481 e. The normalized spacial score (nSPS) is 30.8. The molecule has 4 rings (SSSR count). The third-order valence-corrected chi connectivity index (χ3v) is 8.65. The van der Waals surface area contributed by atoms with E-state index in [9.17, 15) is 19.5 Å². The Bertz CT molecular complexity index is 869. The fraction of sp³-hybridized carbons (Fsp3) is 0.682. The van der Waals surface area contributed by atoms with Crippen molar-refractivity contribution in [2.75, 3.05) is 5.32 Å². The van der Waals surface area contributed by atoms with Crippen LogP contribution >= 0.6 is 11.3 Å². The standard InChI is InChI=1S/C22H30N2O4S/c1-22(2,3)12-6-7-13-14(9-12)29-20(17(13)18(23)25)24-19(26)15-10-4-5-11(8-10)16(15)21(27)28/h10-12,15-16H,4-9H2,1-3H3,(H2,23,25)(H,24,26)(H,27,28). The van der Waals surface area contributed by atoms with E-state index in [-0.39, 0.29) is 23.2 Å². The fourth-order valence-electron chi connectivity index (χ4n) is 5.89. The molecule has 1 heterocycles. The van der Waals surface area contributed by atoms with E-state index < -0.39 is 23.7 Å². The summed E-state index contributed by atoms with van der Waals surface area (Å²) < 4.78 is 0. The number of fused-ring (bicyclic) bond motifs is 3. The third-order valence-electron chi connectivity index (χ3n) is 7.48. The zero-order valence-electron chi connectivity index (χ0n) is 17.3. The van der Waals surface area contributed by atoms with Crippen molar-refractivity contribution >= 4 is 34.1 Å². The van der Waals surface area contributed by atoms with Crippen LogP contribution in [0, 0.1) is 35.0 Å². The molecular formula is C22H30N2O4S. The molecule has 3 aliphatic rings. The maximum absolute atomic E-state index is 13.1. The van der Waals surface area contributed by atoms with Gasteiger partial charge in [-0.3, -0.25) is 14.4 Å². The van der Waals surface area contributed by atoms with Crippen molar-refractivity contribution in [3.8, 4) is 0 Å². The first-order valence-electron chi connectivity index (χ1n) is 10.6. The summed E-state index contributed by atoms with van der Waals surface area (Å²) in [7, 11) is 0. The van der Waals surface area contributed by atoms with Gasteiger partial charge in [0.15, 0.2) is 0 Å². The van der Waals surface area contributed by atoms with Crippen molar-refractivity contribution in [3.63, 3.8) is 0 Å². The van der Waals surface area contributed by atoms with Gasteiger partial charge in [-0.15, -0.1) is 11.3 Å². The second-order valence-electron chi connectivity index (χ2n) is 10.1. The number of primary amides is 1. The number of anilines is 1. The first-order valence-corrected chi connectivity index (χ1v) is 11.4. The summed E-state index contributed by atoms with van der Waals surface area (Å²) in [6, 6.07) is 0. The molecule has 0 aromatic carbocycles. The molecule has 1 aromatic heterocycles. The smallest absolute Gasteiger partial charge is 0.307 e. The van der Waals surface area contributed by atoms with E-state index >= 15 is 0 Å². The Labute approximate surface area is 175 Å². The maximum atomic E-state index is 13.1. The van der Waals surface area contributed by atoms with Gasteiger partial charge in [0.1, 0.15) is 5.00 Å². The van der Waals surface area contributed by atoms with Crippen LogP contribution in [0.25, 0.3) is 0 Å². The Balaban J connectivity index is 1.61. The summed E-state index contributed by atoms with van der Waals surface area (Å²) in [4.78, 5) is 38.2. The number of carboxylic acid groups (broad SMARTS) is 1. The van der Waals surface area contributed by atoms with Crippen LogP contribution in [0.1, 0.15) is 67.3 Å². The van der Waals surface area contributed by atoms with Crippen LogP contribution in [0.2, 0.25) is 0 Å². The highest BCUT2D eigenvalue weighted by Gasteiger charge is 2.54. The van der Waals surface area contributed by atoms with Gasteiger partial charge in [-0.25, -0.2) is 0 Å². The lowest BCUT2D eigenvalue weighted by atomic mass is 9.72. The summed E-state index contributed by atoms with van der Waals surface area (Å²) in [6.45, 7) is 6.69. The molecule has 0 aliphatic heterocycles. The van der Waals surface area contributed by atoms with Gasteiger partial charge in [-0.05, 0) is 67.3 Å². The highest BCUT2D eigenvalue weighted by molar-refractivity contribution is 7.17. The molecule has 2 bridgehead atoms. The van der Waals surface area contributed by atoms with Crippen molar-refractivity contribution in [2.24, 2.45) is 40.7 Å². The van der Waals surface area contributed by atoms with Crippen molar-refractivity contribution in [2.45, 2.75) is 59.3 Å². The number of thiophene rings is 1. The molecule has 0 saturated heterocycles. The van der Waals surface area contributed by atoms with Crippen LogP contribution in [0.4, 0.5) is 5.00 Å². The Morgan fingerprint density at radius 2 is 1.76 bits per heavy atom. The number of carboxylic acids is 1. The van der Waals surface area contributed by atoms with Gasteiger partial charge in [0.25, 0.3) is 5.91 Å². The molecule has 0 radical (unpaired) electrons. The molecule has 29 heavy (non-hydrogen) atoms. The van der Waals surface area contributed by atoms with Crippen molar-refractivity contribution in [1.82, 2.24) is 0 Å². The van der Waals surface area contributed by atoms with Crippen molar-refractivity contribution in [3.05, 3.63) is 16.0 Å². The van der Waals surface area contributed by atoms with Crippen LogP contribution in [-0.2, 0) is 22.4 Å². The minimum atomic E-state index is -0.883. The van der Waals surface area contributed by atoms with E-state index in [4.69, 9.17) is 5.73 Å². The SMILES string of the molecule is CC(C)(C)C1CCc2c(sc(NC(=O)C3C4CCC(C4)C3C(=O)O)c2C(N)=O)C1. The first kappa shape index (κ1) is 20.4. The highest BCUT2D eigenvalue weighted by Crippen LogP contribution is 2.53. The molecule has 158 valence electrons. The summed E-state index contributed by atoms with van der Waals surface area (Å²) in [5.74, 6) is -2.08. The van der Waals surface area contributed by atoms with E-state index in [1.54, 1.807) is 0 Å². The molecule has 5 atom stereocenters. The molecule has 7 heteroatoms. The quantitative estimate of drug-likeness (QED) is 0.693. The van der Waals surface area contributed by atoms with Crippen LogP contribution in [-0.4, -0.2) is 22.9 Å². The minimum absolute atomic E-state index is 0.0907. The van der Waals surface area contributed by atoms with E-state index in [2.05, 4.69) is 26.1 Å². The lowest BCUT2D eigenvalue weighted by Crippen LogP contribution is -2.38. The molecule has 5 unspecified atom stereocenters. The molecule has 0 spiro atoms. The van der Waals surface area contributed by atoms with E-state index in [0.29, 0.717) is 16.5 Å².